The van der Waals surface area contributed by atoms with Gasteiger partial charge >= 0.3 is 6.18 Å². The lowest BCUT2D eigenvalue weighted by molar-refractivity contribution is -0.147. The summed E-state index contributed by atoms with van der Waals surface area (Å²) >= 11 is 0. The summed E-state index contributed by atoms with van der Waals surface area (Å²) < 4.78 is 68.2. The Morgan fingerprint density at radius 1 is 1.38 bits per heavy atom. The van der Waals surface area contributed by atoms with Crippen molar-refractivity contribution in [3.8, 4) is 5.69 Å². The minimum absolute atomic E-state index is 0.0369. The summed E-state index contributed by atoms with van der Waals surface area (Å²) in [6, 6.07) is 2.63. The zero-order valence-electron chi connectivity index (χ0n) is 12.0. The molecule has 0 fully saturated rings. The lowest BCUT2D eigenvalue weighted by Crippen LogP contribution is -2.33. The van der Waals surface area contributed by atoms with E-state index >= 15 is 0 Å². The molecule has 2 aromatic rings. The standard InChI is InChI=1S/C15H10F5N3O/c1-21-11-6-8(3-5-22-11)23-7-9(15(18,19)20)12-10(23)2-4-14(16,17)13(12)24/h3,5-7,13,24H,2,4H2. The molecule has 0 amide bonds. The van der Waals surface area contributed by atoms with Crippen LogP contribution >= 0.6 is 0 Å². The van der Waals surface area contributed by atoms with Crippen molar-refractivity contribution in [3.05, 3.63) is 52.8 Å². The summed E-state index contributed by atoms with van der Waals surface area (Å²) in [5, 5.41) is 9.77. The Balaban J connectivity index is 2.25. The number of aromatic nitrogens is 2. The quantitative estimate of drug-likeness (QED) is 0.627. The number of aliphatic hydroxyl groups is 1. The highest BCUT2D eigenvalue weighted by Gasteiger charge is 2.50. The average Bonchev–Trinajstić information content (AvgIpc) is 2.91. The molecule has 0 aromatic carbocycles. The van der Waals surface area contributed by atoms with Gasteiger partial charge in [0.2, 0.25) is 0 Å². The highest BCUT2D eigenvalue weighted by molar-refractivity contribution is 5.50. The number of rotatable bonds is 1. The van der Waals surface area contributed by atoms with Crippen LogP contribution in [0.4, 0.5) is 27.8 Å². The molecule has 1 atom stereocenters. The second-order valence-corrected chi connectivity index (χ2v) is 5.42. The Bertz CT molecular complexity index is 835. The maximum absolute atomic E-state index is 13.7. The van der Waals surface area contributed by atoms with Crippen molar-refractivity contribution in [2.45, 2.75) is 31.0 Å². The van der Waals surface area contributed by atoms with Crippen molar-refractivity contribution in [2.75, 3.05) is 0 Å². The minimum Gasteiger partial charge on any atom is -0.382 e. The van der Waals surface area contributed by atoms with Gasteiger partial charge in [-0.25, -0.2) is 8.78 Å². The van der Waals surface area contributed by atoms with E-state index in [1.165, 1.54) is 18.3 Å². The Kier molecular flexibility index (Phi) is 3.60. The van der Waals surface area contributed by atoms with Crippen molar-refractivity contribution in [1.82, 2.24) is 9.55 Å². The predicted molar refractivity (Wildman–Crippen MR) is 73.1 cm³/mol. The zero-order chi connectivity index (χ0) is 17.7. The van der Waals surface area contributed by atoms with E-state index in [1.807, 2.05) is 0 Å². The molecule has 1 aliphatic rings. The van der Waals surface area contributed by atoms with Crippen molar-refractivity contribution >= 4 is 5.82 Å². The molecule has 1 N–H and O–H groups in total. The first-order valence-electron chi connectivity index (χ1n) is 6.86. The lowest BCUT2D eigenvalue weighted by atomic mass is 9.89. The van der Waals surface area contributed by atoms with Gasteiger partial charge in [-0.05, 0) is 12.5 Å². The molecule has 0 bridgehead atoms. The van der Waals surface area contributed by atoms with Crippen LogP contribution in [-0.4, -0.2) is 20.6 Å². The second-order valence-electron chi connectivity index (χ2n) is 5.42. The summed E-state index contributed by atoms with van der Waals surface area (Å²) in [6.07, 6.45) is -6.58. The second kappa shape index (κ2) is 5.27. The molecular weight excluding hydrogens is 333 g/mol. The van der Waals surface area contributed by atoms with E-state index < -0.39 is 35.8 Å². The monoisotopic (exact) mass is 343 g/mol. The fraction of sp³-hybridized carbons (Fsp3) is 0.333. The van der Waals surface area contributed by atoms with Crippen LogP contribution in [-0.2, 0) is 12.6 Å². The first-order valence-corrected chi connectivity index (χ1v) is 6.86. The van der Waals surface area contributed by atoms with E-state index in [2.05, 4.69) is 9.83 Å². The largest absolute Gasteiger partial charge is 0.418 e. The number of alkyl halides is 5. The minimum atomic E-state index is -4.89. The normalized spacial score (nSPS) is 19.6. The van der Waals surface area contributed by atoms with E-state index in [0.29, 0.717) is 6.20 Å². The molecule has 24 heavy (non-hydrogen) atoms. The number of fused-ring (bicyclic) bond motifs is 1. The molecule has 4 nitrogen and oxygen atoms in total. The number of nitrogens with zero attached hydrogens (tertiary/aromatic N) is 3. The van der Waals surface area contributed by atoms with Gasteiger partial charge in [-0.3, -0.25) is 0 Å². The van der Waals surface area contributed by atoms with Gasteiger partial charge in [-0.2, -0.15) is 13.2 Å². The van der Waals surface area contributed by atoms with E-state index in [0.717, 1.165) is 4.57 Å². The van der Waals surface area contributed by atoms with Crippen LogP contribution in [0.3, 0.4) is 0 Å². The molecule has 0 saturated heterocycles. The molecule has 1 aliphatic carbocycles. The number of hydrogen-bond donors (Lipinski definition) is 1. The summed E-state index contributed by atoms with van der Waals surface area (Å²) in [7, 11) is 0. The molecule has 0 saturated carbocycles. The number of pyridine rings is 1. The number of hydrogen-bond acceptors (Lipinski definition) is 2. The highest BCUT2D eigenvalue weighted by Crippen LogP contribution is 2.48. The van der Waals surface area contributed by atoms with Crippen molar-refractivity contribution < 1.29 is 27.1 Å². The van der Waals surface area contributed by atoms with Crippen LogP contribution in [0.5, 0.6) is 0 Å². The van der Waals surface area contributed by atoms with Gasteiger partial charge in [-0.15, -0.1) is 4.98 Å². The van der Waals surface area contributed by atoms with Gasteiger partial charge in [0.15, 0.2) is 0 Å². The average molecular weight is 343 g/mol. The topological polar surface area (TPSA) is 42.4 Å². The van der Waals surface area contributed by atoms with Gasteiger partial charge in [-0.1, -0.05) is 6.57 Å². The third-order valence-electron chi connectivity index (χ3n) is 3.95. The van der Waals surface area contributed by atoms with Gasteiger partial charge in [0.25, 0.3) is 11.7 Å². The van der Waals surface area contributed by atoms with Crippen LogP contribution < -0.4 is 0 Å². The van der Waals surface area contributed by atoms with Gasteiger partial charge in [0.05, 0.1) is 5.56 Å². The fourth-order valence-electron chi connectivity index (χ4n) is 2.83. The summed E-state index contributed by atoms with van der Waals surface area (Å²) in [5.74, 6) is -3.66. The Hall–Kier alpha value is -2.47. The van der Waals surface area contributed by atoms with E-state index in [1.54, 1.807) is 0 Å². The molecule has 0 radical (unpaired) electrons. The molecule has 1 unspecified atom stereocenters. The van der Waals surface area contributed by atoms with Gasteiger partial charge in [0.1, 0.15) is 12.3 Å². The van der Waals surface area contributed by atoms with Crippen LogP contribution in [0.1, 0.15) is 29.3 Å². The molecule has 3 rings (SSSR count). The van der Waals surface area contributed by atoms with E-state index in [4.69, 9.17) is 6.57 Å². The Labute approximate surface area is 133 Å². The SMILES string of the molecule is [C-]#[N+]c1cc(-n2cc(C(F)(F)F)c3c2CCC(F)(F)C3O)ccn1. The van der Waals surface area contributed by atoms with Crippen LogP contribution in [0.25, 0.3) is 10.5 Å². The fourth-order valence-corrected chi connectivity index (χ4v) is 2.83. The van der Waals surface area contributed by atoms with Crippen molar-refractivity contribution in [1.29, 1.82) is 0 Å². The van der Waals surface area contributed by atoms with Crippen molar-refractivity contribution in [2.24, 2.45) is 0 Å². The Morgan fingerprint density at radius 2 is 2.08 bits per heavy atom. The summed E-state index contributed by atoms with van der Waals surface area (Å²) in [5.41, 5.74) is -1.95. The molecule has 2 heterocycles. The van der Waals surface area contributed by atoms with Crippen LogP contribution in [0.15, 0.2) is 24.5 Å². The maximum atomic E-state index is 13.7. The first-order chi connectivity index (χ1) is 11.1. The number of aliphatic hydroxyl groups excluding tert-OH is 1. The first kappa shape index (κ1) is 16.4. The molecular formula is C15H10F5N3O. The molecule has 9 heteroatoms. The van der Waals surface area contributed by atoms with Crippen molar-refractivity contribution in [3.63, 3.8) is 0 Å². The zero-order valence-corrected chi connectivity index (χ0v) is 12.0. The third kappa shape index (κ3) is 2.53. The lowest BCUT2D eigenvalue weighted by Gasteiger charge is -2.29. The van der Waals surface area contributed by atoms with Gasteiger partial charge < -0.3 is 14.5 Å². The maximum Gasteiger partial charge on any atom is 0.418 e. The number of halogens is 5. The Morgan fingerprint density at radius 3 is 2.71 bits per heavy atom. The van der Waals surface area contributed by atoms with Gasteiger partial charge in [0, 0.05) is 35.6 Å². The predicted octanol–water partition coefficient (Wildman–Crippen LogP) is 4.06. The highest BCUT2D eigenvalue weighted by atomic mass is 19.4. The smallest absolute Gasteiger partial charge is 0.382 e. The van der Waals surface area contributed by atoms with Crippen LogP contribution in [0, 0.1) is 6.57 Å². The summed E-state index contributed by atoms with van der Waals surface area (Å²) in [6.45, 7) is 6.91. The van der Waals surface area contributed by atoms with E-state index in [-0.39, 0.29) is 23.6 Å². The molecule has 126 valence electrons. The van der Waals surface area contributed by atoms with E-state index in [9.17, 15) is 27.1 Å². The molecule has 0 aliphatic heterocycles. The van der Waals surface area contributed by atoms with Crippen LogP contribution in [0.2, 0.25) is 0 Å². The molecule has 2 aromatic heterocycles. The molecule has 0 spiro atoms. The third-order valence-corrected chi connectivity index (χ3v) is 3.95. The summed E-state index contributed by atoms with van der Waals surface area (Å²) in [4.78, 5) is 6.83.